The number of nitrogens with one attached hydrogen (secondary N) is 2. The highest BCUT2D eigenvalue weighted by Gasteiger charge is 2.22. The molecule has 0 atom stereocenters. The summed E-state index contributed by atoms with van der Waals surface area (Å²) in [6, 6.07) is 30.6. The third-order valence-electron chi connectivity index (χ3n) is 7.39. The van der Waals surface area contributed by atoms with Gasteiger partial charge in [-0.3, -0.25) is 9.62 Å². The first-order chi connectivity index (χ1) is 20.4. The van der Waals surface area contributed by atoms with Crippen LogP contribution in [0.4, 0.5) is 11.4 Å². The van der Waals surface area contributed by atoms with E-state index >= 15 is 0 Å². The molecule has 0 aliphatic carbocycles. The number of benzene rings is 4. The molecule has 0 unspecified atom stereocenters. The van der Waals surface area contributed by atoms with Crippen LogP contribution >= 0.6 is 0 Å². The molecule has 1 aliphatic heterocycles. The van der Waals surface area contributed by atoms with Gasteiger partial charge in [0.2, 0.25) is 0 Å². The van der Waals surface area contributed by atoms with E-state index < -0.39 is 10.0 Å². The number of aromatic hydroxyl groups is 1. The van der Waals surface area contributed by atoms with E-state index in [1.165, 1.54) is 30.5 Å². The fraction of sp³-hybridized carbons (Fsp3) is 0.152. The quantitative estimate of drug-likeness (QED) is 0.187. The molecule has 8 nitrogen and oxygen atoms in total. The number of nitriles is 1. The van der Waals surface area contributed by atoms with Crippen molar-refractivity contribution in [3.05, 3.63) is 119 Å². The first-order valence-corrected chi connectivity index (χ1v) is 15.2. The molecule has 1 aromatic heterocycles. The van der Waals surface area contributed by atoms with Gasteiger partial charge in [-0.25, -0.2) is 13.4 Å². The van der Waals surface area contributed by atoms with Crippen LogP contribution in [0.1, 0.15) is 35.1 Å². The Morgan fingerprint density at radius 3 is 2.40 bits per heavy atom. The van der Waals surface area contributed by atoms with Crippen LogP contribution in [0.25, 0.3) is 10.9 Å². The zero-order chi connectivity index (χ0) is 29.1. The van der Waals surface area contributed by atoms with Crippen molar-refractivity contribution in [1.82, 2.24) is 9.88 Å². The van der Waals surface area contributed by atoms with Crippen LogP contribution in [-0.2, 0) is 16.6 Å². The van der Waals surface area contributed by atoms with Crippen molar-refractivity contribution >= 4 is 38.0 Å². The largest absolute Gasteiger partial charge is 0.494 e. The second kappa shape index (κ2) is 11.5. The number of hydrogen-bond acceptors (Lipinski definition) is 6. The van der Waals surface area contributed by atoms with E-state index in [1.54, 1.807) is 30.3 Å². The van der Waals surface area contributed by atoms with Gasteiger partial charge in [-0.2, -0.15) is 5.26 Å². The third kappa shape index (κ3) is 5.63. The molecule has 0 radical (unpaired) electrons. The Balaban J connectivity index is 1.40. The van der Waals surface area contributed by atoms with Crippen LogP contribution in [0.2, 0.25) is 0 Å². The number of anilines is 1. The predicted octanol–water partition coefficient (Wildman–Crippen LogP) is 6.31. The first-order valence-electron chi connectivity index (χ1n) is 13.7. The zero-order valence-electron chi connectivity index (χ0n) is 22.8. The number of aliphatic imine (C=N–C) groups is 1. The number of rotatable bonds is 8. The molecular weight excluding hydrogens is 546 g/mol. The average Bonchev–Trinajstić information content (AvgIpc) is 3.63. The topological polar surface area (TPSA) is 122 Å². The molecule has 2 heterocycles. The van der Waals surface area contributed by atoms with Gasteiger partial charge in [0, 0.05) is 28.7 Å². The Morgan fingerprint density at radius 1 is 0.952 bits per heavy atom. The van der Waals surface area contributed by atoms with Crippen molar-refractivity contribution in [2.45, 2.75) is 24.3 Å². The summed E-state index contributed by atoms with van der Waals surface area (Å²) in [7, 11) is -4.04. The minimum atomic E-state index is -4.04. The lowest BCUT2D eigenvalue weighted by atomic mass is 10.0. The van der Waals surface area contributed by atoms with Gasteiger partial charge < -0.3 is 10.1 Å². The summed E-state index contributed by atoms with van der Waals surface area (Å²) in [6.07, 6.45) is 2.49. The number of aromatic nitrogens is 1. The zero-order valence-corrected chi connectivity index (χ0v) is 23.6. The maximum absolute atomic E-state index is 13.2. The van der Waals surface area contributed by atoms with E-state index in [-0.39, 0.29) is 22.0 Å². The van der Waals surface area contributed by atoms with Crippen LogP contribution in [0.5, 0.6) is 5.88 Å². The molecule has 5 aromatic rings. The summed E-state index contributed by atoms with van der Waals surface area (Å²) in [5.74, 6) is -0.0758. The number of H-pyrrole nitrogens is 1. The monoisotopic (exact) mass is 575 g/mol. The lowest BCUT2D eigenvalue weighted by molar-refractivity contribution is 0.331. The van der Waals surface area contributed by atoms with Crippen molar-refractivity contribution in [2.24, 2.45) is 4.99 Å². The normalized spacial score (nSPS) is 14.2. The molecule has 0 spiro atoms. The standard InChI is InChI=1S/C33H29N5O3S/c34-21-25-10-4-5-11-30(25)42(40,41)37-27-16-17-29-28(20-27)31(33(39)36-29)32(24-8-2-1-3-9-24)35-26-14-12-23(13-15-26)22-38-18-6-7-19-38/h1-5,8-17,20,36-37,39H,6-7,18-19,22H2. The van der Waals surface area contributed by atoms with Gasteiger partial charge in [0.1, 0.15) is 11.0 Å². The summed E-state index contributed by atoms with van der Waals surface area (Å²) in [4.78, 5) is 10.3. The van der Waals surface area contributed by atoms with E-state index in [9.17, 15) is 18.8 Å². The number of nitrogens with zero attached hydrogens (tertiary/aromatic N) is 3. The van der Waals surface area contributed by atoms with Gasteiger partial charge in [0.05, 0.1) is 22.5 Å². The Labute approximate surface area is 244 Å². The molecule has 9 heteroatoms. The number of likely N-dealkylation sites (tertiary alicyclic amines) is 1. The molecule has 3 N–H and O–H groups in total. The third-order valence-corrected chi connectivity index (χ3v) is 8.83. The van der Waals surface area contributed by atoms with Crippen LogP contribution < -0.4 is 4.72 Å². The molecule has 4 aromatic carbocycles. The van der Waals surface area contributed by atoms with E-state index in [1.807, 2.05) is 48.5 Å². The highest BCUT2D eigenvalue weighted by Crippen LogP contribution is 2.34. The van der Waals surface area contributed by atoms with Crippen molar-refractivity contribution < 1.29 is 13.5 Å². The lowest BCUT2D eigenvalue weighted by Gasteiger charge is -2.14. The van der Waals surface area contributed by atoms with Gasteiger partial charge >= 0.3 is 0 Å². The summed E-state index contributed by atoms with van der Waals surface area (Å²) in [5.41, 5.74) is 4.71. The van der Waals surface area contributed by atoms with E-state index in [0.29, 0.717) is 22.2 Å². The molecule has 6 rings (SSSR count). The Morgan fingerprint density at radius 2 is 1.67 bits per heavy atom. The molecular formula is C33H29N5O3S. The Bertz CT molecular complexity index is 1920. The molecule has 0 bridgehead atoms. The Hall–Kier alpha value is -4.91. The lowest BCUT2D eigenvalue weighted by Crippen LogP contribution is -2.18. The summed E-state index contributed by atoms with van der Waals surface area (Å²) >= 11 is 0. The van der Waals surface area contributed by atoms with Crippen LogP contribution in [0.3, 0.4) is 0 Å². The van der Waals surface area contributed by atoms with Crippen molar-refractivity contribution in [3.63, 3.8) is 0 Å². The fourth-order valence-electron chi connectivity index (χ4n) is 5.35. The minimum absolute atomic E-state index is 0.0519. The average molecular weight is 576 g/mol. The summed E-state index contributed by atoms with van der Waals surface area (Å²) in [5, 5.41) is 21.1. The van der Waals surface area contributed by atoms with Gasteiger partial charge in [-0.15, -0.1) is 0 Å². The highest BCUT2D eigenvalue weighted by atomic mass is 32.2. The molecule has 0 amide bonds. The molecule has 0 saturated carbocycles. The van der Waals surface area contributed by atoms with Gasteiger partial charge in [-0.1, -0.05) is 54.6 Å². The number of sulfonamides is 1. The smallest absolute Gasteiger partial charge is 0.263 e. The van der Waals surface area contributed by atoms with Crippen molar-refractivity contribution in [1.29, 1.82) is 5.26 Å². The maximum Gasteiger partial charge on any atom is 0.263 e. The number of fused-ring (bicyclic) bond motifs is 1. The van der Waals surface area contributed by atoms with Gasteiger partial charge in [0.15, 0.2) is 5.88 Å². The highest BCUT2D eigenvalue weighted by molar-refractivity contribution is 7.92. The summed E-state index contributed by atoms with van der Waals surface area (Å²) in [6.45, 7) is 3.16. The van der Waals surface area contributed by atoms with E-state index in [0.717, 1.165) is 30.9 Å². The maximum atomic E-state index is 13.2. The molecule has 210 valence electrons. The Kier molecular flexibility index (Phi) is 7.48. The second-order valence-corrected chi connectivity index (χ2v) is 11.9. The van der Waals surface area contributed by atoms with E-state index in [4.69, 9.17) is 4.99 Å². The minimum Gasteiger partial charge on any atom is -0.494 e. The SMILES string of the molecule is N#Cc1ccccc1S(=O)(=O)Nc1ccc2[nH]c(O)c(C(=Nc3ccc(CN4CCCC4)cc3)c3ccccc3)c2c1. The number of hydrogen-bond donors (Lipinski definition) is 3. The number of aromatic amines is 1. The molecule has 42 heavy (non-hydrogen) atoms. The molecule has 1 aliphatic rings. The molecule has 1 saturated heterocycles. The van der Waals surface area contributed by atoms with Crippen LogP contribution in [0.15, 0.2) is 107 Å². The predicted molar refractivity (Wildman–Crippen MR) is 165 cm³/mol. The fourth-order valence-corrected chi connectivity index (χ4v) is 6.56. The molecule has 1 fully saturated rings. The van der Waals surface area contributed by atoms with Gasteiger partial charge in [0.25, 0.3) is 10.0 Å². The summed E-state index contributed by atoms with van der Waals surface area (Å²) < 4.78 is 29.0. The first kappa shape index (κ1) is 27.3. The van der Waals surface area contributed by atoms with Crippen LogP contribution in [-0.4, -0.2) is 42.2 Å². The van der Waals surface area contributed by atoms with Gasteiger partial charge in [-0.05, 0) is 74.0 Å². The van der Waals surface area contributed by atoms with E-state index in [2.05, 4.69) is 26.7 Å². The second-order valence-electron chi connectivity index (χ2n) is 10.3. The van der Waals surface area contributed by atoms with Crippen LogP contribution in [0, 0.1) is 11.3 Å². The van der Waals surface area contributed by atoms with Crippen molar-refractivity contribution in [3.8, 4) is 11.9 Å². The van der Waals surface area contributed by atoms with Crippen molar-refractivity contribution in [2.75, 3.05) is 17.8 Å².